The lowest BCUT2D eigenvalue weighted by Crippen LogP contribution is -2.39. The predicted molar refractivity (Wildman–Crippen MR) is 70.7 cm³/mol. The van der Waals surface area contributed by atoms with Crippen molar-refractivity contribution in [2.45, 2.75) is 31.7 Å². The molecule has 1 aliphatic heterocycles. The van der Waals surface area contributed by atoms with Crippen LogP contribution in [0.15, 0.2) is 24.3 Å². The van der Waals surface area contributed by atoms with Gasteiger partial charge in [0.2, 0.25) is 0 Å². The van der Waals surface area contributed by atoms with Gasteiger partial charge in [-0.3, -0.25) is 0 Å². The monoisotopic (exact) mass is 302 g/mol. The van der Waals surface area contributed by atoms with E-state index in [0.717, 1.165) is 25.0 Å². The van der Waals surface area contributed by atoms with E-state index in [-0.39, 0.29) is 12.6 Å². The third-order valence-corrected chi connectivity index (χ3v) is 3.22. The first-order chi connectivity index (χ1) is 9.95. The maximum absolute atomic E-state index is 12.5. The summed E-state index contributed by atoms with van der Waals surface area (Å²) in [5.74, 6) is 0. The Morgan fingerprint density at radius 3 is 2.81 bits per heavy atom. The Balaban J connectivity index is 1.78. The zero-order valence-corrected chi connectivity index (χ0v) is 11.4. The van der Waals surface area contributed by atoms with Crippen LogP contribution in [0.25, 0.3) is 0 Å². The first-order valence-electron chi connectivity index (χ1n) is 6.74. The van der Waals surface area contributed by atoms with Crippen LogP contribution in [0.2, 0.25) is 0 Å². The Bertz CT molecular complexity index is 485. The van der Waals surface area contributed by atoms with Crippen LogP contribution < -0.4 is 10.6 Å². The molecule has 1 aromatic rings. The van der Waals surface area contributed by atoms with Crippen LogP contribution in [0.5, 0.6) is 0 Å². The van der Waals surface area contributed by atoms with Gasteiger partial charge in [0.25, 0.3) is 0 Å². The van der Waals surface area contributed by atoms with Gasteiger partial charge in [0, 0.05) is 19.7 Å². The fourth-order valence-electron chi connectivity index (χ4n) is 2.11. The molecule has 1 fully saturated rings. The van der Waals surface area contributed by atoms with Gasteiger partial charge in [0.1, 0.15) is 0 Å². The van der Waals surface area contributed by atoms with E-state index in [1.54, 1.807) is 0 Å². The van der Waals surface area contributed by atoms with Gasteiger partial charge in [-0.15, -0.1) is 0 Å². The molecule has 0 bridgehead atoms. The molecule has 2 rings (SSSR count). The second-order valence-corrected chi connectivity index (χ2v) is 4.90. The highest BCUT2D eigenvalue weighted by Gasteiger charge is 2.30. The number of nitrogens with one attached hydrogen (secondary N) is 2. The number of amides is 2. The van der Waals surface area contributed by atoms with Crippen molar-refractivity contribution in [2.75, 3.05) is 13.2 Å². The normalized spacial score (nSPS) is 18.5. The van der Waals surface area contributed by atoms with Gasteiger partial charge in [-0.1, -0.05) is 12.1 Å². The maximum Gasteiger partial charge on any atom is 0.416 e. The Hall–Kier alpha value is -1.76. The van der Waals surface area contributed by atoms with Crippen molar-refractivity contribution in [2.24, 2.45) is 0 Å². The van der Waals surface area contributed by atoms with E-state index in [4.69, 9.17) is 4.74 Å². The predicted octanol–water partition coefficient (Wildman–Crippen LogP) is 2.68. The molecule has 1 aliphatic rings. The molecule has 2 N–H and O–H groups in total. The number of alkyl halides is 3. The Kier molecular flexibility index (Phi) is 5.06. The molecule has 4 nitrogen and oxygen atoms in total. The molecule has 1 atom stereocenters. The highest BCUT2D eigenvalue weighted by molar-refractivity contribution is 5.73. The van der Waals surface area contributed by atoms with Crippen LogP contribution in [-0.2, 0) is 17.5 Å². The van der Waals surface area contributed by atoms with Crippen LogP contribution in [-0.4, -0.2) is 25.3 Å². The number of rotatable bonds is 4. The molecule has 0 saturated carbocycles. The van der Waals surface area contributed by atoms with Crippen molar-refractivity contribution in [1.29, 1.82) is 0 Å². The minimum absolute atomic E-state index is 0.0318. The smallest absolute Gasteiger partial charge is 0.376 e. The van der Waals surface area contributed by atoms with Crippen LogP contribution in [0.1, 0.15) is 24.0 Å². The summed E-state index contributed by atoms with van der Waals surface area (Å²) in [6, 6.07) is 4.48. The molecule has 0 aliphatic carbocycles. The highest BCUT2D eigenvalue weighted by atomic mass is 19.4. The van der Waals surface area contributed by atoms with Gasteiger partial charge in [0.15, 0.2) is 0 Å². The molecule has 0 aromatic heterocycles. The van der Waals surface area contributed by atoms with E-state index in [1.165, 1.54) is 12.1 Å². The fourth-order valence-corrected chi connectivity index (χ4v) is 2.11. The van der Waals surface area contributed by atoms with Gasteiger partial charge in [-0.25, -0.2) is 4.79 Å². The molecule has 0 spiro atoms. The number of carbonyl (C=O) groups is 1. The molecule has 0 radical (unpaired) electrons. The topological polar surface area (TPSA) is 50.4 Å². The zero-order chi connectivity index (χ0) is 15.3. The van der Waals surface area contributed by atoms with Crippen molar-refractivity contribution >= 4 is 6.03 Å². The minimum Gasteiger partial charge on any atom is -0.376 e. The summed E-state index contributed by atoms with van der Waals surface area (Å²) in [5, 5.41) is 5.17. The summed E-state index contributed by atoms with van der Waals surface area (Å²) >= 11 is 0. The molecule has 1 saturated heterocycles. The van der Waals surface area contributed by atoms with E-state index in [9.17, 15) is 18.0 Å². The fraction of sp³-hybridized carbons (Fsp3) is 0.500. The zero-order valence-electron chi connectivity index (χ0n) is 11.4. The van der Waals surface area contributed by atoms with Crippen molar-refractivity contribution in [3.05, 3.63) is 35.4 Å². The number of urea groups is 1. The number of carbonyl (C=O) groups excluding carboxylic acids is 1. The van der Waals surface area contributed by atoms with Crippen molar-refractivity contribution < 1.29 is 22.7 Å². The van der Waals surface area contributed by atoms with Gasteiger partial charge in [-0.2, -0.15) is 13.2 Å². The minimum atomic E-state index is -4.38. The summed E-state index contributed by atoms with van der Waals surface area (Å²) in [5.41, 5.74) is -0.321. The molecule has 1 aromatic carbocycles. The van der Waals surface area contributed by atoms with E-state index < -0.39 is 17.8 Å². The van der Waals surface area contributed by atoms with E-state index >= 15 is 0 Å². The van der Waals surface area contributed by atoms with E-state index in [1.807, 2.05) is 0 Å². The number of hydrogen-bond donors (Lipinski definition) is 2. The molecule has 1 heterocycles. The van der Waals surface area contributed by atoms with Gasteiger partial charge in [0.05, 0.1) is 11.7 Å². The second-order valence-electron chi connectivity index (χ2n) is 4.90. The first-order valence-corrected chi connectivity index (χ1v) is 6.74. The largest absolute Gasteiger partial charge is 0.416 e. The third-order valence-electron chi connectivity index (χ3n) is 3.22. The summed E-state index contributed by atoms with van der Waals surface area (Å²) in [6.45, 7) is 1.16. The van der Waals surface area contributed by atoms with E-state index in [2.05, 4.69) is 10.6 Å². The lowest BCUT2D eigenvalue weighted by molar-refractivity contribution is -0.137. The first kappa shape index (κ1) is 15.6. The Morgan fingerprint density at radius 2 is 2.14 bits per heavy atom. The Labute approximate surface area is 120 Å². The van der Waals surface area contributed by atoms with Crippen LogP contribution in [0.3, 0.4) is 0 Å². The molecular weight excluding hydrogens is 285 g/mol. The van der Waals surface area contributed by atoms with Gasteiger partial charge < -0.3 is 15.4 Å². The molecule has 116 valence electrons. The highest BCUT2D eigenvalue weighted by Crippen LogP contribution is 2.29. The summed E-state index contributed by atoms with van der Waals surface area (Å²) < 4.78 is 43.0. The van der Waals surface area contributed by atoms with Crippen molar-refractivity contribution in [1.82, 2.24) is 10.6 Å². The number of hydrogen-bond acceptors (Lipinski definition) is 2. The van der Waals surface area contributed by atoms with Crippen LogP contribution in [0, 0.1) is 0 Å². The van der Waals surface area contributed by atoms with Crippen LogP contribution in [0.4, 0.5) is 18.0 Å². The van der Waals surface area contributed by atoms with Gasteiger partial charge in [-0.05, 0) is 30.5 Å². The SMILES string of the molecule is O=C(NCc1cccc(C(F)(F)F)c1)NCC1CCCO1. The molecule has 7 heteroatoms. The molecule has 1 unspecified atom stereocenters. The lowest BCUT2D eigenvalue weighted by Gasteiger charge is -2.12. The van der Waals surface area contributed by atoms with Crippen molar-refractivity contribution in [3.63, 3.8) is 0 Å². The van der Waals surface area contributed by atoms with Crippen molar-refractivity contribution in [3.8, 4) is 0 Å². The molecule has 21 heavy (non-hydrogen) atoms. The number of benzene rings is 1. The number of ether oxygens (including phenoxy) is 1. The van der Waals surface area contributed by atoms with Gasteiger partial charge >= 0.3 is 12.2 Å². The average molecular weight is 302 g/mol. The van der Waals surface area contributed by atoms with Crippen LogP contribution >= 0.6 is 0 Å². The third kappa shape index (κ3) is 4.93. The quantitative estimate of drug-likeness (QED) is 0.898. The summed E-state index contributed by atoms with van der Waals surface area (Å²) in [4.78, 5) is 11.6. The molecular formula is C14H17F3N2O2. The maximum atomic E-state index is 12.5. The van der Waals surface area contributed by atoms with E-state index in [0.29, 0.717) is 18.7 Å². The second kappa shape index (κ2) is 6.80. The molecule has 2 amide bonds. The summed E-state index contributed by atoms with van der Waals surface area (Å²) in [7, 11) is 0. The summed E-state index contributed by atoms with van der Waals surface area (Å²) in [6.07, 6.45) is -2.45. The standard InChI is InChI=1S/C14H17F3N2O2/c15-14(16,17)11-4-1-3-10(7-11)8-18-13(20)19-9-12-5-2-6-21-12/h1,3-4,7,12H,2,5-6,8-9H2,(H2,18,19,20). The lowest BCUT2D eigenvalue weighted by atomic mass is 10.1. The average Bonchev–Trinajstić information content (AvgIpc) is 2.95. The Morgan fingerprint density at radius 1 is 1.33 bits per heavy atom. The number of halogens is 3.